The molecule has 26 heavy (non-hydrogen) atoms. The van der Waals surface area contributed by atoms with Crippen molar-refractivity contribution >= 4 is 41.5 Å². The van der Waals surface area contributed by atoms with Gasteiger partial charge in [-0.3, -0.25) is 4.99 Å². The highest BCUT2D eigenvalue weighted by atomic mass is 127. The Hall–Kier alpha value is -0.570. The van der Waals surface area contributed by atoms with Crippen LogP contribution in [-0.4, -0.2) is 54.7 Å². The minimum atomic E-state index is -0.590. The van der Waals surface area contributed by atoms with Crippen LogP contribution in [0.1, 0.15) is 43.8 Å². The molecule has 0 aromatic heterocycles. The number of guanidine groups is 1. The third kappa shape index (κ3) is 5.47. The second-order valence-corrected chi connectivity index (χ2v) is 7.67. The summed E-state index contributed by atoms with van der Waals surface area (Å²) in [6, 6.07) is 9.11. The summed E-state index contributed by atoms with van der Waals surface area (Å²) in [4.78, 5) is 6.88. The second-order valence-electron chi connectivity index (χ2n) is 7.24. The molecule has 2 bridgehead atoms. The highest BCUT2D eigenvalue weighted by Gasteiger charge is 2.36. The zero-order chi connectivity index (χ0) is 17.8. The fraction of sp³-hybridized carbons (Fsp3) is 0.632. The molecule has 3 N–H and O–H groups in total. The van der Waals surface area contributed by atoms with Crippen molar-refractivity contribution in [2.75, 3.05) is 20.6 Å². The fourth-order valence-electron chi connectivity index (χ4n) is 4.12. The number of fused-ring (bicyclic) bond motifs is 2. The molecule has 1 aromatic carbocycles. The number of nitrogens with zero attached hydrogens (tertiary/aromatic N) is 2. The Labute approximate surface area is 178 Å². The molecule has 2 saturated heterocycles. The van der Waals surface area contributed by atoms with Gasteiger partial charge in [0.05, 0.1) is 6.10 Å². The van der Waals surface area contributed by atoms with Crippen LogP contribution in [0.3, 0.4) is 0 Å². The molecule has 2 aliphatic rings. The lowest BCUT2D eigenvalue weighted by molar-refractivity contribution is 0.0526. The number of rotatable bonds is 4. The Morgan fingerprint density at radius 2 is 1.88 bits per heavy atom. The zero-order valence-electron chi connectivity index (χ0n) is 15.5. The van der Waals surface area contributed by atoms with Crippen molar-refractivity contribution in [3.8, 4) is 0 Å². The van der Waals surface area contributed by atoms with Crippen LogP contribution in [0.2, 0.25) is 5.02 Å². The second kappa shape index (κ2) is 10.1. The first-order chi connectivity index (χ1) is 12.1. The first-order valence-electron chi connectivity index (χ1n) is 9.19. The number of hydrogen-bond acceptors (Lipinski definition) is 3. The van der Waals surface area contributed by atoms with Crippen LogP contribution in [0, 0.1) is 0 Å². The number of piperidine rings is 2. The van der Waals surface area contributed by atoms with E-state index in [1.165, 1.54) is 19.3 Å². The van der Waals surface area contributed by atoms with Gasteiger partial charge in [0.15, 0.2) is 5.96 Å². The summed E-state index contributed by atoms with van der Waals surface area (Å²) in [7, 11) is 4.04. The molecule has 7 heteroatoms. The highest BCUT2D eigenvalue weighted by Crippen LogP contribution is 2.32. The SMILES string of the molecule is CN=C(NCC(O)c1ccc(Cl)cc1)NC1CC2CCCC(C1)N2C.I. The Morgan fingerprint density at radius 1 is 1.27 bits per heavy atom. The van der Waals surface area contributed by atoms with Crippen LogP contribution in [0.4, 0.5) is 0 Å². The van der Waals surface area contributed by atoms with E-state index in [1.807, 2.05) is 12.1 Å². The predicted octanol–water partition coefficient (Wildman–Crippen LogP) is 3.17. The largest absolute Gasteiger partial charge is 0.387 e. The van der Waals surface area contributed by atoms with E-state index < -0.39 is 6.10 Å². The summed E-state index contributed by atoms with van der Waals surface area (Å²) in [6.45, 7) is 0.417. The molecule has 1 aromatic rings. The smallest absolute Gasteiger partial charge is 0.191 e. The average molecular weight is 493 g/mol. The van der Waals surface area contributed by atoms with Crippen molar-refractivity contribution < 1.29 is 5.11 Å². The standard InChI is InChI=1S/C19H29ClN4O.HI/c1-21-19(22-12-18(25)13-6-8-14(20)9-7-13)23-15-10-16-4-3-5-17(11-15)24(16)2;/h6-9,15-18,25H,3-5,10-12H2,1-2H3,(H2,21,22,23);1H. The van der Waals surface area contributed by atoms with Gasteiger partial charge in [-0.1, -0.05) is 30.2 Å². The minimum Gasteiger partial charge on any atom is -0.387 e. The van der Waals surface area contributed by atoms with E-state index in [0.29, 0.717) is 29.7 Å². The minimum absolute atomic E-state index is 0. The van der Waals surface area contributed by atoms with Crippen LogP contribution in [0.15, 0.2) is 29.3 Å². The van der Waals surface area contributed by atoms with E-state index in [2.05, 4.69) is 27.6 Å². The molecule has 5 nitrogen and oxygen atoms in total. The van der Waals surface area contributed by atoms with Gasteiger partial charge in [-0.05, 0) is 50.4 Å². The lowest BCUT2D eigenvalue weighted by Crippen LogP contribution is -2.56. The fourth-order valence-corrected chi connectivity index (χ4v) is 4.24. The monoisotopic (exact) mass is 492 g/mol. The van der Waals surface area contributed by atoms with Crippen molar-refractivity contribution in [2.24, 2.45) is 4.99 Å². The molecule has 3 rings (SSSR count). The Morgan fingerprint density at radius 3 is 2.46 bits per heavy atom. The Bertz CT molecular complexity index is 584. The first-order valence-corrected chi connectivity index (χ1v) is 9.57. The van der Waals surface area contributed by atoms with Gasteiger partial charge in [0, 0.05) is 36.7 Å². The summed E-state index contributed by atoms with van der Waals surface area (Å²) < 4.78 is 0. The summed E-state index contributed by atoms with van der Waals surface area (Å²) in [5.74, 6) is 0.764. The maximum absolute atomic E-state index is 10.3. The summed E-state index contributed by atoms with van der Waals surface area (Å²) in [5.41, 5.74) is 0.848. The molecule has 3 atom stereocenters. The van der Waals surface area contributed by atoms with Gasteiger partial charge in [0.1, 0.15) is 0 Å². The summed E-state index contributed by atoms with van der Waals surface area (Å²) in [5, 5.41) is 17.8. The number of aliphatic hydroxyl groups is 1. The quantitative estimate of drug-likeness (QED) is 0.343. The van der Waals surface area contributed by atoms with Crippen LogP contribution in [0.5, 0.6) is 0 Å². The summed E-state index contributed by atoms with van der Waals surface area (Å²) >= 11 is 5.90. The molecule has 3 unspecified atom stereocenters. The highest BCUT2D eigenvalue weighted by molar-refractivity contribution is 14.0. The van der Waals surface area contributed by atoms with Crippen molar-refractivity contribution in [3.63, 3.8) is 0 Å². The van der Waals surface area contributed by atoms with Gasteiger partial charge in [-0.25, -0.2) is 0 Å². The van der Waals surface area contributed by atoms with E-state index >= 15 is 0 Å². The molecule has 146 valence electrons. The maximum Gasteiger partial charge on any atom is 0.191 e. The van der Waals surface area contributed by atoms with Gasteiger partial charge in [0.25, 0.3) is 0 Å². The van der Waals surface area contributed by atoms with E-state index in [-0.39, 0.29) is 24.0 Å². The van der Waals surface area contributed by atoms with Gasteiger partial charge in [-0.15, -0.1) is 24.0 Å². The average Bonchev–Trinajstić information content (AvgIpc) is 2.59. The number of aliphatic hydroxyl groups excluding tert-OH is 1. The Kier molecular flexibility index (Phi) is 8.44. The number of halogens is 2. The van der Waals surface area contributed by atoms with E-state index in [9.17, 15) is 5.11 Å². The van der Waals surface area contributed by atoms with E-state index in [4.69, 9.17) is 11.6 Å². The van der Waals surface area contributed by atoms with Gasteiger partial charge in [-0.2, -0.15) is 0 Å². The van der Waals surface area contributed by atoms with E-state index in [1.54, 1.807) is 19.2 Å². The van der Waals surface area contributed by atoms with Gasteiger partial charge < -0.3 is 20.6 Å². The van der Waals surface area contributed by atoms with Crippen molar-refractivity contribution in [3.05, 3.63) is 34.9 Å². The third-order valence-corrected chi connectivity index (χ3v) is 5.87. The normalized spacial score (nSPS) is 27.4. The number of benzene rings is 1. The molecular weight excluding hydrogens is 463 g/mol. The van der Waals surface area contributed by atoms with Crippen molar-refractivity contribution in [1.29, 1.82) is 0 Å². The molecular formula is C19H30ClIN4O. The van der Waals surface area contributed by atoms with Crippen LogP contribution < -0.4 is 10.6 Å². The number of aliphatic imine (C=N–C) groups is 1. The molecule has 0 saturated carbocycles. The first kappa shape index (κ1) is 21.7. The molecule has 2 aliphatic heterocycles. The van der Waals surface area contributed by atoms with Crippen LogP contribution in [-0.2, 0) is 0 Å². The topological polar surface area (TPSA) is 59.9 Å². The van der Waals surface area contributed by atoms with Gasteiger partial charge >= 0.3 is 0 Å². The van der Waals surface area contributed by atoms with E-state index in [0.717, 1.165) is 24.4 Å². The Balaban J connectivity index is 0.00000243. The molecule has 0 spiro atoms. The molecule has 0 radical (unpaired) electrons. The zero-order valence-corrected chi connectivity index (χ0v) is 18.6. The molecule has 0 aliphatic carbocycles. The van der Waals surface area contributed by atoms with Crippen molar-refractivity contribution in [1.82, 2.24) is 15.5 Å². The van der Waals surface area contributed by atoms with Gasteiger partial charge in [0.2, 0.25) is 0 Å². The number of nitrogens with one attached hydrogen (secondary N) is 2. The molecule has 0 amide bonds. The van der Waals surface area contributed by atoms with Crippen LogP contribution >= 0.6 is 35.6 Å². The molecule has 2 heterocycles. The predicted molar refractivity (Wildman–Crippen MR) is 119 cm³/mol. The maximum atomic E-state index is 10.3. The van der Waals surface area contributed by atoms with Crippen molar-refractivity contribution in [2.45, 2.75) is 56.3 Å². The molecule has 2 fully saturated rings. The lowest BCUT2D eigenvalue weighted by Gasteiger charge is -2.47. The lowest BCUT2D eigenvalue weighted by atomic mass is 9.82. The number of hydrogen-bond donors (Lipinski definition) is 3. The van der Waals surface area contributed by atoms with Crippen LogP contribution in [0.25, 0.3) is 0 Å². The third-order valence-electron chi connectivity index (χ3n) is 5.62. The summed E-state index contributed by atoms with van der Waals surface area (Å²) in [6.07, 6.45) is 5.68.